The van der Waals surface area contributed by atoms with Gasteiger partial charge >= 0.3 is 0 Å². The molecule has 2 rings (SSSR count). The van der Waals surface area contributed by atoms with Crippen molar-refractivity contribution in [3.63, 3.8) is 0 Å². The number of pyridine rings is 1. The zero-order chi connectivity index (χ0) is 13.0. The van der Waals surface area contributed by atoms with Gasteiger partial charge in [-0.25, -0.2) is 4.98 Å². The monoisotopic (exact) mass is 370 g/mol. The zero-order valence-corrected chi connectivity index (χ0v) is 12.6. The Balaban J connectivity index is 2.21. The van der Waals surface area contributed by atoms with Gasteiger partial charge in [-0.3, -0.25) is 0 Å². The molecule has 1 aromatic carbocycles. The van der Waals surface area contributed by atoms with E-state index in [1.54, 1.807) is 6.20 Å². The molecule has 0 saturated heterocycles. The standard InChI is InChI=1S/C13H12Br2N2O/c14-10-6-11(15)13(16-7-10)17-12(8-18)9-4-2-1-3-5-9/h1-7,12,18H,8H2,(H,16,17). The van der Waals surface area contributed by atoms with Crippen LogP contribution in [-0.2, 0) is 0 Å². The first-order valence-electron chi connectivity index (χ1n) is 5.44. The maximum atomic E-state index is 9.47. The summed E-state index contributed by atoms with van der Waals surface area (Å²) >= 11 is 6.80. The number of aliphatic hydroxyl groups is 1. The van der Waals surface area contributed by atoms with Crippen molar-refractivity contribution in [3.05, 3.63) is 57.1 Å². The minimum Gasteiger partial charge on any atom is -0.394 e. The minimum atomic E-state index is -0.170. The van der Waals surface area contributed by atoms with Crippen molar-refractivity contribution in [1.29, 1.82) is 0 Å². The van der Waals surface area contributed by atoms with Crippen molar-refractivity contribution >= 4 is 37.7 Å². The van der Waals surface area contributed by atoms with Gasteiger partial charge in [0.1, 0.15) is 5.82 Å². The summed E-state index contributed by atoms with van der Waals surface area (Å²) in [5, 5.41) is 12.7. The number of benzene rings is 1. The van der Waals surface area contributed by atoms with Crippen LogP contribution in [0.15, 0.2) is 51.5 Å². The topological polar surface area (TPSA) is 45.1 Å². The van der Waals surface area contributed by atoms with Crippen molar-refractivity contribution < 1.29 is 5.11 Å². The van der Waals surface area contributed by atoms with Crippen LogP contribution in [0, 0.1) is 0 Å². The number of nitrogens with zero attached hydrogens (tertiary/aromatic N) is 1. The largest absolute Gasteiger partial charge is 0.394 e. The summed E-state index contributed by atoms with van der Waals surface area (Å²) < 4.78 is 1.76. The van der Waals surface area contributed by atoms with Gasteiger partial charge in [-0.05, 0) is 43.5 Å². The van der Waals surface area contributed by atoms with E-state index in [2.05, 4.69) is 42.2 Å². The van der Waals surface area contributed by atoms with Crippen molar-refractivity contribution in [1.82, 2.24) is 4.98 Å². The molecular formula is C13H12Br2N2O. The van der Waals surface area contributed by atoms with Crippen molar-refractivity contribution in [3.8, 4) is 0 Å². The Morgan fingerprint density at radius 1 is 1.22 bits per heavy atom. The van der Waals surface area contributed by atoms with E-state index in [0.717, 1.165) is 14.5 Å². The summed E-state index contributed by atoms with van der Waals surface area (Å²) in [6.45, 7) is 0.00813. The second kappa shape index (κ2) is 6.31. The lowest BCUT2D eigenvalue weighted by Crippen LogP contribution is -2.15. The average Bonchev–Trinajstić information content (AvgIpc) is 2.39. The molecule has 1 heterocycles. The Hall–Kier alpha value is -0.910. The van der Waals surface area contributed by atoms with Gasteiger partial charge in [0, 0.05) is 10.7 Å². The molecule has 0 aliphatic rings. The number of hydrogen-bond acceptors (Lipinski definition) is 3. The van der Waals surface area contributed by atoms with Crippen LogP contribution in [0.3, 0.4) is 0 Å². The third-order valence-electron chi connectivity index (χ3n) is 2.50. The zero-order valence-electron chi connectivity index (χ0n) is 9.48. The molecule has 2 aromatic rings. The summed E-state index contributed by atoms with van der Waals surface area (Å²) in [6.07, 6.45) is 1.71. The molecule has 0 bridgehead atoms. The minimum absolute atomic E-state index is 0.00813. The number of rotatable bonds is 4. The predicted octanol–water partition coefficient (Wildman–Crippen LogP) is 3.75. The molecule has 3 nitrogen and oxygen atoms in total. The van der Waals surface area contributed by atoms with E-state index in [4.69, 9.17) is 0 Å². The number of anilines is 1. The Morgan fingerprint density at radius 2 is 1.94 bits per heavy atom. The quantitative estimate of drug-likeness (QED) is 0.860. The highest BCUT2D eigenvalue weighted by atomic mass is 79.9. The molecule has 0 amide bonds. The highest BCUT2D eigenvalue weighted by molar-refractivity contribution is 9.11. The van der Waals surface area contributed by atoms with Crippen LogP contribution in [0.1, 0.15) is 11.6 Å². The van der Waals surface area contributed by atoms with Crippen LogP contribution in [-0.4, -0.2) is 16.7 Å². The summed E-state index contributed by atoms with van der Waals surface area (Å²) in [7, 11) is 0. The van der Waals surface area contributed by atoms with Gasteiger partial charge in [0.15, 0.2) is 0 Å². The maximum absolute atomic E-state index is 9.47. The summed E-state index contributed by atoms with van der Waals surface area (Å²) in [5.41, 5.74) is 1.02. The van der Waals surface area contributed by atoms with Crippen molar-refractivity contribution in [2.45, 2.75) is 6.04 Å². The first-order valence-corrected chi connectivity index (χ1v) is 7.02. The first-order chi connectivity index (χ1) is 8.70. The Morgan fingerprint density at radius 3 is 2.56 bits per heavy atom. The first kappa shape index (κ1) is 13.5. The van der Waals surface area contributed by atoms with Crippen molar-refractivity contribution in [2.24, 2.45) is 0 Å². The Labute approximate surface area is 123 Å². The van der Waals surface area contributed by atoms with Crippen LogP contribution in [0.2, 0.25) is 0 Å². The molecule has 5 heteroatoms. The lowest BCUT2D eigenvalue weighted by molar-refractivity contribution is 0.276. The SMILES string of the molecule is OCC(Nc1ncc(Br)cc1Br)c1ccccc1. The molecular weight excluding hydrogens is 360 g/mol. The van der Waals surface area contributed by atoms with E-state index in [1.165, 1.54) is 0 Å². The van der Waals surface area contributed by atoms with Gasteiger partial charge in [0.05, 0.1) is 17.1 Å². The fraction of sp³-hybridized carbons (Fsp3) is 0.154. The molecule has 0 fully saturated rings. The van der Waals surface area contributed by atoms with Gasteiger partial charge in [-0.2, -0.15) is 0 Å². The third-order valence-corrected chi connectivity index (χ3v) is 3.54. The Bertz CT molecular complexity index is 520. The van der Waals surface area contributed by atoms with Gasteiger partial charge in [0.2, 0.25) is 0 Å². The molecule has 2 N–H and O–H groups in total. The van der Waals surface area contributed by atoms with Crippen molar-refractivity contribution in [2.75, 3.05) is 11.9 Å². The van der Waals surface area contributed by atoms with Crippen LogP contribution in [0.4, 0.5) is 5.82 Å². The molecule has 0 aliphatic heterocycles. The van der Waals surface area contributed by atoms with Gasteiger partial charge < -0.3 is 10.4 Å². The predicted molar refractivity (Wildman–Crippen MR) is 79.5 cm³/mol. The lowest BCUT2D eigenvalue weighted by Gasteiger charge is -2.18. The van der Waals surface area contributed by atoms with Crippen LogP contribution >= 0.6 is 31.9 Å². The van der Waals surface area contributed by atoms with Gasteiger partial charge in [-0.15, -0.1) is 0 Å². The van der Waals surface area contributed by atoms with Crippen LogP contribution in [0.25, 0.3) is 0 Å². The molecule has 0 aliphatic carbocycles. The number of nitrogens with one attached hydrogen (secondary N) is 1. The van der Waals surface area contributed by atoms with E-state index in [9.17, 15) is 5.11 Å². The van der Waals surface area contributed by atoms with E-state index >= 15 is 0 Å². The highest BCUT2D eigenvalue weighted by Crippen LogP contribution is 2.26. The number of halogens is 2. The molecule has 0 spiro atoms. The van der Waals surface area contributed by atoms with E-state index in [-0.39, 0.29) is 12.6 Å². The second-order valence-electron chi connectivity index (χ2n) is 3.77. The van der Waals surface area contributed by atoms with E-state index in [0.29, 0.717) is 5.82 Å². The maximum Gasteiger partial charge on any atom is 0.140 e. The number of hydrogen-bond donors (Lipinski definition) is 2. The highest BCUT2D eigenvalue weighted by Gasteiger charge is 2.12. The van der Waals surface area contributed by atoms with Crippen LogP contribution < -0.4 is 5.32 Å². The molecule has 1 atom stereocenters. The molecule has 18 heavy (non-hydrogen) atoms. The fourth-order valence-electron chi connectivity index (χ4n) is 1.61. The Kier molecular flexibility index (Phi) is 4.74. The molecule has 0 radical (unpaired) electrons. The summed E-state index contributed by atoms with van der Waals surface area (Å²) in [6, 6.07) is 11.5. The molecule has 1 aromatic heterocycles. The smallest absolute Gasteiger partial charge is 0.140 e. The molecule has 94 valence electrons. The van der Waals surface area contributed by atoms with Gasteiger partial charge in [0.25, 0.3) is 0 Å². The average molecular weight is 372 g/mol. The van der Waals surface area contributed by atoms with Crippen LogP contribution in [0.5, 0.6) is 0 Å². The molecule has 1 unspecified atom stereocenters. The molecule has 0 saturated carbocycles. The van der Waals surface area contributed by atoms with E-state index in [1.807, 2.05) is 36.4 Å². The lowest BCUT2D eigenvalue weighted by atomic mass is 10.1. The number of aromatic nitrogens is 1. The van der Waals surface area contributed by atoms with Gasteiger partial charge in [-0.1, -0.05) is 30.3 Å². The third kappa shape index (κ3) is 3.31. The second-order valence-corrected chi connectivity index (χ2v) is 5.54. The summed E-state index contributed by atoms with van der Waals surface area (Å²) in [5.74, 6) is 0.709. The summed E-state index contributed by atoms with van der Waals surface area (Å²) in [4.78, 5) is 4.28. The normalized spacial score (nSPS) is 12.2. The number of aliphatic hydroxyl groups excluding tert-OH is 1. The fourth-order valence-corrected chi connectivity index (χ4v) is 2.71. The van der Waals surface area contributed by atoms with E-state index < -0.39 is 0 Å².